The molecular formula is C21H26N2O4S. The van der Waals surface area contributed by atoms with E-state index in [4.69, 9.17) is 4.74 Å². The molecule has 7 heteroatoms. The zero-order valence-corrected chi connectivity index (χ0v) is 17.4. The fraction of sp³-hybridized carbons (Fsp3) is 0.381. The predicted molar refractivity (Wildman–Crippen MR) is 110 cm³/mol. The van der Waals surface area contributed by atoms with Gasteiger partial charge in [-0.1, -0.05) is 36.4 Å². The van der Waals surface area contributed by atoms with Crippen molar-refractivity contribution in [2.45, 2.75) is 38.8 Å². The number of benzene rings is 2. The molecular weight excluding hydrogens is 376 g/mol. The van der Waals surface area contributed by atoms with Gasteiger partial charge in [-0.2, -0.15) is 0 Å². The second kappa shape index (κ2) is 7.47. The third-order valence-electron chi connectivity index (χ3n) is 4.78. The van der Waals surface area contributed by atoms with E-state index in [1.165, 1.54) is 0 Å². The van der Waals surface area contributed by atoms with E-state index in [2.05, 4.69) is 5.32 Å². The Morgan fingerprint density at radius 1 is 1.18 bits per heavy atom. The smallest absolute Gasteiger partial charge is 0.241 e. The summed E-state index contributed by atoms with van der Waals surface area (Å²) in [5, 5.41) is 3.00. The highest BCUT2D eigenvalue weighted by Crippen LogP contribution is 2.39. The van der Waals surface area contributed by atoms with Crippen LogP contribution in [0.1, 0.15) is 37.4 Å². The van der Waals surface area contributed by atoms with Crippen LogP contribution in [0, 0.1) is 6.92 Å². The van der Waals surface area contributed by atoms with Gasteiger partial charge in [-0.05, 0) is 38.5 Å². The minimum Gasteiger partial charge on any atom is -0.487 e. The Morgan fingerprint density at radius 3 is 2.50 bits per heavy atom. The average molecular weight is 403 g/mol. The maximum absolute atomic E-state index is 12.8. The number of hydrogen-bond donors (Lipinski definition) is 1. The maximum Gasteiger partial charge on any atom is 0.241 e. The molecule has 1 heterocycles. The van der Waals surface area contributed by atoms with E-state index in [0.717, 1.165) is 27.4 Å². The number of amides is 1. The lowest BCUT2D eigenvalue weighted by Crippen LogP contribution is -2.45. The molecule has 2 aromatic rings. The van der Waals surface area contributed by atoms with Gasteiger partial charge in [0.1, 0.15) is 17.9 Å². The fourth-order valence-corrected chi connectivity index (χ4v) is 4.44. The number of para-hydroxylation sites is 2. The van der Waals surface area contributed by atoms with Crippen LogP contribution >= 0.6 is 0 Å². The second-order valence-electron chi connectivity index (χ2n) is 7.78. The number of fused-ring (bicyclic) bond motifs is 1. The molecule has 0 unspecified atom stereocenters. The summed E-state index contributed by atoms with van der Waals surface area (Å²) in [4.78, 5) is 12.8. The number of rotatable bonds is 5. The van der Waals surface area contributed by atoms with Crippen LogP contribution in [-0.2, 0) is 14.8 Å². The van der Waals surface area contributed by atoms with E-state index < -0.39 is 15.6 Å². The molecule has 1 amide bonds. The fourth-order valence-electron chi connectivity index (χ4n) is 3.53. The maximum atomic E-state index is 12.8. The normalized spacial score (nSPS) is 17.9. The lowest BCUT2D eigenvalue weighted by atomic mass is 9.89. The standard InChI is InChI=1S/C21H26N2O4S/c1-15-9-5-7-11-18(15)23(28(4,25)26)14-20(24)22-17-13-21(2,3)27-19-12-8-6-10-16(17)19/h5-12,17H,13-14H2,1-4H3,(H,22,24)/t17-/m0/s1. The number of carbonyl (C=O) groups excluding carboxylic acids is 1. The molecule has 1 aliphatic heterocycles. The van der Waals surface area contributed by atoms with E-state index in [9.17, 15) is 13.2 Å². The van der Waals surface area contributed by atoms with Gasteiger partial charge in [0.2, 0.25) is 15.9 Å². The van der Waals surface area contributed by atoms with E-state index in [-0.39, 0.29) is 18.5 Å². The molecule has 0 spiro atoms. The second-order valence-corrected chi connectivity index (χ2v) is 9.69. The summed E-state index contributed by atoms with van der Waals surface area (Å²) >= 11 is 0. The molecule has 3 rings (SSSR count). The first-order chi connectivity index (χ1) is 13.1. The number of hydrogen-bond acceptors (Lipinski definition) is 4. The van der Waals surface area contributed by atoms with Crippen LogP contribution in [-0.4, -0.2) is 32.7 Å². The van der Waals surface area contributed by atoms with Crippen LogP contribution in [0.4, 0.5) is 5.69 Å². The van der Waals surface area contributed by atoms with Crippen molar-refractivity contribution in [3.05, 3.63) is 59.7 Å². The topological polar surface area (TPSA) is 75.7 Å². The summed E-state index contributed by atoms with van der Waals surface area (Å²) in [7, 11) is -3.61. The third-order valence-corrected chi connectivity index (χ3v) is 5.91. The van der Waals surface area contributed by atoms with Gasteiger partial charge in [0.05, 0.1) is 18.0 Å². The minimum atomic E-state index is -3.61. The molecule has 0 saturated heterocycles. The van der Waals surface area contributed by atoms with Gasteiger partial charge < -0.3 is 10.1 Å². The Bertz CT molecular complexity index is 985. The molecule has 150 valence electrons. The highest BCUT2D eigenvalue weighted by molar-refractivity contribution is 7.92. The van der Waals surface area contributed by atoms with Crippen molar-refractivity contribution < 1.29 is 17.9 Å². The van der Waals surface area contributed by atoms with Crippen molar-refractivity contribution >= 4 is 21.6 Å². The van der Waals surface area contributed by atoms with Crippen LogP contribution in [0.3, 0.4) is 0 Å². The molecule has 6 nitrogen and oxygen atoms in total. The Labute approximate surface area is 166 Å². The van der Waals surface area contributed by atoms with Crippen molar-refractivity contribution in [3.8, 4) is 5.75 Å². The van der Waals surface area contributed by atoms with Crippen LogP contribution < -0.4 is 14.4 Å². The summed E-state index contributed by atoms with van der Waals surface area (Å²) in [5.41, 5.74) is 1.77. The van der Waals surface area contributed by atoms with E-state index >= 15 is 0 Å². The molecule has 0 bridgehead atoms. The highest BCUT2D eigenvalue weighted by atomic mass is 32.2. The summed E-state index contributed by atoms with van der Waals surface area (Å²) in [6.07, 6.45) is 1.71. The number of carbonyl (C=O) groups is 1. The Morgan fingerprint density at radius 2 is 1.82 bits per heavy atom. The number of ether oxygens (including phenoxy) is 1. The molecule has 1 N–H and O–H groups in total. The quantitative estimate of drug-likeness (QED) is 0.833. The summed E-state index contributed by atoms with van der Waals surface area (Å²) in [5.74, 6) is 0.383. The van der Waals surface area contributed by atoms with Gasteiger partial charge in [0, 0.05) is 12.0 Å². The van der Waals surface area contributed by atoms with Gasteiger partial charge in [-0.15, -0.1) is 0 Å². The van der Waals surface area contributed by atoms with Crippen LogP contribution in [0.5, 0.6) is 5.75 Å². The van der Waals surface area contributed by atoms with Gasteiger partial charge in [-0.25, -0.2) is 8.42 Å². The molecule has 1 atom stereocenters. The molecule has 2 aromatic carbocycles. The zero-order chi connectivity index (χ0) is 20.5. The number of sulfonamides is 1. The van der Waals surface area contributed by atoms with Crippen LogP contribution in [0.15, 0.2) is 48.5 Å². The van der Waals surface area contributed by atoms with Gasteiger partial charge in [-0.3, -0.25) is 9.10 Å². The molecule has 0 saturated carbocycles. The summed E-state index contributed by atoms with van der Waals surface area (Å²) in [6.45, 7) is 5.49. The summed E-state index contributed by atoms with van der Waals surface area (Å²) < 4.78 is 31.8. The summed E-state index contributed by atoms with van der Waals surface area (Å²) in [6, 6.07) is 14.5. The van der Waals surface area contributed by atoms with Crippen molar-refractivity contribution in [2.75, 3.05) is 17.1 Å². The van der Waals surface area contributed by atoms with Crippen molar-refractivity contribution in [3.63, 3.8) is 0 Å². The zero-order valence-electron chi connectivity index (χ0n) is 16.6. The molecule has 0 aromatic heterocycles. The van der Waals surface area contributed by atoms with E-state index in [1.807, 2.05) is 57.2 Å². The first-order valence-electron chi connectivity index (χ1n) is 9.17. The molecule has 1 aliphatic rings. The number of aryl methyl sites for hydroxylation is 1. The van der Waals surface area contributed by atoms with Crippen molar-refractivity contribution in [2.24, 2.45) is 0 Å². The number of anilines is 1. The van der Waals surface area contributed by atoms with Crippen molar-refractivity contribution in [1.82, 2.24) is 5.32 Å². The number of nitrogens with zero attached hydrogens (tertiary/aromatic N) is 1. The Kier molecular flexibility index (Phi) is 5.39. The van der Waals surface area contributed by atoms with Crippen LogP contribution in [0.25, 0.3) is 0 Å². The SMILES string of the molecule is Cc1ccccc1N(CC(=O)N[C@H]1CC(C)(C)Oc2ccccc21)S(C)(=O)=O. The van der Waals surface area contributed by atoms with Crippen molar-refractivity contribution in [1.29, 1.82) is 0 Å². The van der Waals surface area contributed by atoms with Gasteiger partial charge in [0.25, 0.3) is 0 Å². The predicted octanol–water partition coefficient (Wildman–Crippen LogP) is 3.18. The monoisotopic (exact) mass is 402 g/mol. The third kappa shape index (κ3) is 4.47. The van der Waals surface area contributed by atoms with Gasteiger partial charge >= 0.3 is 0 Å². The lowest BCUT2D eigenvalue weighted by molar-refractivity contribution is -0.120. The molecule has 0 fully saturated rings. The largest absolute Gasteiger partial charge is 0.487 e. The molecule has 0 aliphatic carbocycles. The Hall–Kier alpha value is -2.54. The first-order valence-corrected chi connectivity index (χ1v) is 11.0. The first kappa shape index (κ1) is 20.2. The number of nitrogens with one attached hydrogen (secondary N) is 1. The lowest BCUT2D eigenvalue weighted by Gasteiger charge is -2.38. The van der Waals surface area contributed by atoms with Gasteiger partial charge in [0.15, 0.2) is 0 Å². The molecule has 0 radical (unpaired) electrons. The van der Waals surface area contributed by atoms with E-state index in [0.29, 0.717) is 12.1 Å². The average Bonchev–Trinajstić information content (AvgIpc) is 2.58. The molecule has 28 heavy (non-hydrogen) atoms. The minimum absolute atomic E-state index is 0.245. The van der Waals surface area contributed by atoms with Crippen LogP contribution in [0.2, 0.25) is 0 Å². The highest BCUT2D eigenvalue weighted by Gasteiger charge is 2.35. The van der Waals surface area contributed by atoms with E-state index in [1.54, 1.807) is 12.1 Å². The Balaban J connectivity index is 1.83.